The number of ether oxygens (including phenoxy) is 1. The highest BCUT2D eigenvalue weighted by molar-refractivity contribution is 5.93. The zero-order valence-electron chi connectivity index (χ0n) is 31.9. The zero-order chi connectivity index (χ0) is 38.9. The molecular formula is C41H61N7O6. The summed E-state index contributed by atoms with van der Waals surface area (Å²) < 4.78 is 6.23. The van der Waals surface area contributed by atoms with Crippen LogP contribution in [0.5, 0.6) is 0 Å². The molecular weight excluding hydrogens is 686 g/mol. The molecule has 10 N–H and O–H groups in total. The molecule has 3 amide bonds. The van der Waals surface area contributed by atoms with Crippen molar-refractivity contribution in [3.05, 3.63) is 71.8 Å². The highest BCUT2D eigenvalue weighted by Gasteiger charge is 2.59. The summed E-state index contributed by atoms with van der Waals surface area (Å²) in [5.41, 5.74) is 19.0. The molecule has 13 nitrogen and oxygen atoms in total. The van der Waals surface area contributed by atoms with Gasteiger partial charge < -0.3 is 43.0 Å². The standard InChI is InChI=1S/C41H61N7O6/c1-27(2)23-33(47-36(50)32(17-16-28-11-5-3-6-12-28)46-35(49)30(43)24-29-13-7-4-8-14-29)37(51)45-31(15-9-10-20-42)34-38(54-34)48-21-18-40(19-22-48)25-41(44,26-40)39(52)53/h3-8,11-14,27,30-34,38H,9-10,15-26,42-44H2,1-2H3,(H,45,51)(H,46,49)(H,47,50)(H,52,53)/t30-,31-,32-,33-,34?,38?/m1/s1. The van der Waals surface area contributed by atoms with Gasteiger partial charge in [-0.2, -0.15) is 0 Å². The van der Waals surface area contributed by atoms with Crippen molar-refractivity contribution in [3.63, 3.8) is 0 Å². The van der Waals surface area contributed by atoms with Crippen molar-refractivity contribution < 1.29 is 29.0 Å². The van der Waals surface area contributed by atoms with Crippen LogP contribution in [0.1, 0.15) is 82.8 Å². The first-order valence-corrected chi connectivity index (χ1v) is 19.7. The van der Waals surface area contributed by atoms with Gasteiger partial charge in [-0.1, -0.05) is 80.9 Å². The number of carboxylic acid groups (broad SMARTS) is 1. The minimum atomic E-state index is -1.12. The first-order valence-electron chi connectivity index (χ1n) is 19.7. The van der Waals surface area contributed by atoms with E-state index >= 15 is 0 Å². The van der Waals surface area contributed by atoms with E-state index in [9.17, 15) is 24.3 Å². The number of rotatable bonds is 20. The number of carbonyl (C=O) groups excluding carboxylic acids is 3. The van der Waals surface area contributed by atoms with Crippen LogP contribution in [-0.4, -0.2) is 95.4 Å². The number of hydrogen-bond donors (Lipinski definition) is 7. The molecule has 3 aliphatic rings. The third-order valence-corrected chi connectivity index (χ3v) is 11.4. The van der Waals surface area contributed by atoms with Gasteiger partial charge in [0.1, 0.15) is 30.0 Å². The van der Waals surface area contributed by atoms with Gasteiger partial charge in [0, 0.05) is 13.1 Å². The number of epoxide rings is 1. The number of carboxylic acids is 1. The molecule has 6 atom stereocenters. The third kappa shape index (κ3) is 11.1. The highest BCUT2D eigenvalue weighted by atomic mass is 16.6. The highest BCUT2D eigenvalue weighted by Crippen LogP contribution is 2.54. The number of nitrogens with one attached hydrogen (secondary N) is 3. The molecule has 1 spiro atoms. The van der Waals surface area contributed by atoms with Crippen LogP contribution in [0.3, 0.4) is 0 Å². The molecule has 2 aliphatic heterocycles. The summed E-state index contributed by atoms with van der Waals surface area (Å²) in [6.45, 7) is 6.09. The second-order valence-electron chi connectivity index (χ2n) is 16.3. The number of nitrogens with two attached hydrogens (primary N) is 3. The first-order chi connectivity index (χ1) is 25.8. The Balaban J connectivity index is 1.22. The van der Waals surface area contributed by atoms with Crippen LogP contribution >= 0.6 is 0 Å². The summed E-state index contributed by atoms with van der Waals surface area (Å²) >= 11 is 0. The fraction of sp³-hybridized carbons (Fsp3) is 0.610. The average Bonchev–Trinajstić information content (AvgIpc) is 3.94. The molecule has 2 aromatic rings. The smallest absolute Gasteiger partial charge is 0.323 e. The monoisotopic (exact) mass is 747 g/mol. The number of aryl methyl sites for hydroxylation is 1. The van der Waals surface area contributed by atoms with Gasteiger partial charge in [-0.05, 0) is 93.2 Å². The number of likely N-dealkylation sites (tertiary alicyclic amines) is 1. The number of benzene rings is 2. The second kappa shape index (κ2) is 18.6. The number of amides is 3. The van der Waals surface area contributed by atoms with E-state index in [0.29, 0.717) is 51.5 Å². The maximum atomic E-state index is 14.1. The molecule has 54 heavy (non-hydrogen) atoms. The van der Waals surface area contributed by atoms with Gasteiger partial charge in [0.2, 0.25) is 17.7 Å². The number of unbranched alkanes of at least 4 members (excludes halogenated alkanes) is 1. The lowest BCUT2D eigenvalue weighted by Crippen LogP contribution is -2.65. The van der Waals surface area contributed by atoms with Crippen LogP contribution in [0.15, 0.2) is 60.7 Å². The predicted molar refractivity (Wildman–Crippen MR) is 207 cm³/mol. The summed E-state index contributed by atoms with van der Waals surface area (Å²) in [4.78, 5) is 55.3. The number of nitrogens with zero attached hydrogens (tertiary/aromatic N) is 1. The van der Waals surface area contributed by atoms with Crippen LogP contribution in [0, 0.1) is 11.3 Å². The van der Waals surface area contributed by atoms with Crippen molar-refractivity contribution in [1.82, 2.24) is 20.9 Å². The Hall–Kier alpha value is -3.88. The number of hydrogen-bond acceptors (Lipinski definition) is 9. The molecule has 1 aliphatic carbocycles. The summed E-state index contributed by atoms with van der Waals surface area (Å²) in [6, 6.07) is 16.4. The fourth-order valence-corrected chi connectivity index (χ4v) is 8.30. The van der Waals surface area contributed by atoms with Crippen LogP contribution in [0.25, 0.3) is 0 Å². The largest absolute Gasteiger partial charge is 0.480 e. The maximum absolute atomic E-state index is 14.1. The van der Waals surface area contributed by atoms with E-state index in [4.69, 9.17) is 21.9 Å². The van der Waals surface area contributed by atoms with Crippen molar-refractivity contribution in [2.75, 3.05) is 19.6 Å². The predicted octanol–water partition coefficient (Wildman–Crippen LogP) is 2.20. The topological polar surface area (TPSA) is 218 Å². The Morgan fingerprint density at radius 1 is 0.852 bits per heavy atom. The summed E-state index contributed by atoms with van der Waals surface area (Å²) in [7, 11) is 0. The minimum Gasteiger partial charge on any atom is -0.480 e. The van der Waals surface area contributed by atoms with Crippen molar-refractivity contribution in [2.45, 2.75) is 127 Å². The molecule has 2 heterocycles. The lowest BCUT2D eigenvalue weighted by molar-refractivity contribution is -0.156. The summed E-state index contributed by atoms with van der Waals surface area (Å²) in [6.07, 6.45) is 6.24. The molecule has 2 unspecified atom stereocenters. The molecule has 0 radical (unpaired) electrons. The van der Waals surface area contributed by atoms with Gasteiger partial charge >= 0.3 is 5.97 Å². The van der Waals surface area contributed by atoms with Gasteiger partial charge in [0.15, 0.2) is 0 Å². The summed E-state index contributed by atoms with van der Waals surface area (Å²) in [5.74, 6) is -2.00. The molecule has 3 fully saturated rings. The van der Waals surface area contributed by atoms with Crippen molar-refractivity contribution in [2.24, 2.45) is 28.5 Å². The minimum absolute atomic E-state index is 0.0313. The van der Waals surface area contributed by atoms with Gasteiger partial charge in [0.25, 0.3) is 0 Å². The normalized spacial score (nSPS) is 22.3. The zero-order valence-corrected chi connectivity index (χ0v) is 31.9. The van der Waals surface area contributed by atoms with Gasteiger partial charge in [-0.3, -0.25) is 24.1 Å². The number of aliphatic carboxylic acids is 1. The Bertz CT molecular complexity index is 1540. The molecule has 0 aromatic heterocycles. The van der Waals surface area contributed by atoms with Crippen LogP contribution in [-0.2, 0) is 36.8 Å². The SMILES string of the molecule is CC(C)C[C@@H](NC(=O)[C@@H](CCc1ccccc1)NC(=O)[C@H](N)Cc1ccccc1)C(=O)N[C@H](CCCCN)C1OC1N1CCC2(CC1)CC(N)(C(=O)O)C2. The van der Waals surface area contributed by atoms with E-state index in [-0.39, 0.29) is 35.6 Å². The van der Waals surface area contributed by atoms with Crippen molar-refractivity contribution >= 4 is 23.7 Å². The number of carbonyl (C=O) groups is 4. The molecule has 13 heteroatoms. The van der Waals surface area contributed by atoms with Crippen molar-refractivity contribution in [1.29, 1.82) is 0 Å². The van der Waals surface area contributed by atoms with Crippen LogP contribution in [0.4, 0.5) is 0 Å². The van der Waals surface area contributed by atoms with E-state index in [1.165, 1.54) is 0 Å². The molecule has 2 saturated heterocycles. The average molecular weight is 748 g/mol. The Labute approximate surface area is 319 Å². The second-order valence-corrected chi connectivity index (χ2v) is 16.3. The third-order valence-electron chi connectivity index (χ3n) is 11.4. The van der Waals surface area contributed by atoms with Crippen LogP contribution in [0.2, 0.25) is 0 Å². The quantitative estimate of drug-likeness (QED) is 0.0774. The first kappa shape index (κ1) is 41.3. The Morgan fingerprint density at radius 3 is 2.04 bits per heavy atom. The fourth-order valence-electron chi connectivity index (χ4n) is 8.30. The molecule has 2 aromatic carbocycles. The van der Waals surface area contributed by atoms with Gasteiger partial charge in [0.05, 0.1) is 12.1 Å². The number of piperidine rings is 1. The van der Waals surface area contributed by atoms with E-state index in [2.05, 4.69) is 20.9 Å². The lowest BCUT2D eigenvalue weighted by Gasteiger charge is -2.55. The Kier molecular flexibility index (Phi) is 14.2. The van der Waals surface area contributed by atoms with Crippen LogP contribution < -0.4 is 33.2 Å². The lowest BCUT2D eigenvalue weighted by atomic mass is 9.54. The van der Waals surface area contributed by atoms with Gasteiger partial charge in [-0.25, -0.2) is 0 Å². The summed E-state index contributed by atoms with van der Waals surface area (Å²) in [5, 5.41) is 18.6. The van der Waals surface area contributed by atoms with E-state index in [1.807, 2.05) is 74.5 Å². The molecule has 296 valence electrons. The maximum Gasteiger partial charge on any atom is 0.323 e. The molecule has 5 rings (SSSR count). The van der Waals surface area contributed by atoms with Gasteiger partial charge in [-0.15, -0.1) is 0 Å². The Morgan fingerprint density at radius 2 is 1.44 bits per heavy atom. The molecule has 1 saturated carbocycles. The molecule has 0 bridgehead atoms. The van der Waals surface area contributed by atoms with Crippen molar-refractivity contribution in [3.8, 4) is 0 Å². The van der Waals surface area contributed by atoms with E-state index < -0.39 is 41.4 Å². The van der Waals surface area contributed by atoms with E-state index in [1.54, 1.807) is 0 Å². The van der Waals surface area contributed by atoms with E-state index in [0.717, 1.165) is 49.9 Å².